The van der Waals surface area contributed by atoms with Crippen molar-refractivity contribution in [3.05, 3.63) is 0 Å². The third-order valence-electron chi connectivity index (χ3n) is 2.84. The van der Waals surface area contributed by atoms with E-state index in [1.807, 2.05) is 13.8 Å². The fourth-order valence-electron chi connectivity index (χ4n) is 2.36. The van der Waals surface area contributed by atoms with Gasteiger partial charge in [0.25, 0.3) is 0 Å². The highest BCUT2D eigenvalue weighted by Gasteiger charge is 2.31. The van der Waals surface area contributed by atoms with Crippen LogP contribution in [0.5, 0.6) is 0 Å². The van der Waals surface area contributed by atoms with Crippen molar-refractivity contribution in [1.29, 1.82) is 0 Å². The van der Waals surface area contributed by atoms with E-state index in [1.54, 1.807) is 0 Å². The quantitative estimate of drug-likeness (QED) is 0.717. The summed E-state index contributed by atoms with van der Waals surface area (Å²) in [5, 5.41) is 0. The zero-order valence-corrected chi connectivity index (χ0v) is 11.6. The molecule has 0 bridgehead atoms. The van der Waals surface area contributed by atoms with Crippen LogP contribution in [-0.4, -0.2) is 36.7 Å². The summed E-state index contributed by atoms with van der Waals surface area (Å²) in [4.78, 5) is 2.43. The number of likely N-dealkylation sites (N-methyl/N-ethyl adjacent to an activating group) is 1. The van der Waals surface area contributed by atoms with Crippen LogP contribution in [0.2, 0.25) is 0 Å². The molecule has 3 atom stereocenters. The first-order valence-electron chi connectivity index (χ1n) is 6.36. The summed E-state index contributed by atoms with van der Waals surface area (Å²) in [5.74, 6) is 0.827. The monoisotopic (exact) mass is 215 g/mol. The summed E-state index contributed by atoms with van der Waals surface area (Å²) < 4.78 is 5.81. The Balaban J connectivity index is 0.000000921. The van der Waals surface area contributed by atoms with Gasteiger partial charge in [-0.2, -0.15) is 0 Å². The zero-order chi connectivity index (χ0) is 12.0. The van der Waals surface area contributed by atoms with Gasteiger partial charge in [0.1, 0.15) is 0 Å². The molecule has 0 saturated carbocycles. The third-order valence-corrected chi connectivity index (χ3v) is 2.84. The number of likely N-dealkylation sites (tertiary alicyclic amines) is 1. The van der Waals surface area contributed by atoms with Gasteiger partial charge in [0, 0.05) is 12.6 Å². The standard InChI is InChI=1S/C11H23NO.C2H6/c1-8(2)13-10(4)11-6-9(3)7-12(11)5;1-2/h8-11H,6-7H2,1-5H3;1-2H3/t9?,10-,11?;/m0./s1. The van der Waals surface area contributed by atoms with Crippen LogP contribution in [0.25, 0.3) is 0 Å². The largest absolute Gasteiger partial charge is 0.374 e. The summed E-state index contributed by atoms with van der Waals surface area (Å²) in [6.45, 7) is 13.9. The maximum atomic E-state index is 5.81. The molecule has 0 aromatic heterocycles. The van der Waals surface area contributed by atoms with Crippen molar-refractivity contribution in [3.63, 3.8) is 0 Å². The van der Waals surface area contributed by atoms with Gasteiger partial charge in [0.2, 0.25) is 0 Å². The molecule has 2 heteroatoms. The summed E-state index contributed by atoms with van der Waals surface area (Å²) in [6, 6.07) is 0.623. The number of nitrogens with zero attached hydrogens (tertiary/aromatic N) is 1. The molecule has 1 saturated heterocycles. The minimum absolute atomic E-state index is 0.347. The lowest BCUT2D eigenvalue weighted by atomic mass is 10.0. The number of hydrogen-bond donors (Lipinski definition) is 0. The predicted molar refractivity (Wildman–Crippen MR) is 67.2 cm³/mol. The second kappa shape index (κ2) is 7.24. The minimum atomic E-state index is 0.347. The van der Waals surface area contributed by atoms with E-state index in [9.17, 15) is 0 Å². The van der Waals surface area contributed by atoms with E-state index in [0.29, 0.717) is 18.2 Å². The van der Waals surface area contributed by atoms with Gasteiger partial charge in [-0.3, -0.25) is 0 Å². The molecule has 1 aliphatic heterocycles. The number of hydrogen-bond acceptors (Lipinski definition) is 2. The Kier molecular flexibility index (Phi) is 7.20. The summed E-state index contributed by atoms with van der Waals surface area (Å²) in [5.41, 5.74) is 0. The van der Waals surface area contributed by atoms with Crippen LogP contribution in [0, 0.1) is 5.92 Å². The molecule has 1 aliphatic rings. The zero-order valence-electron chi connectivity index (χ0n) is 11.6. The van der Waals surface area contributed by atoms with Gasteiger partial charge >= 0.3 is 0 Å². The maximum absolute atomic E-state index is 5.81. The molecule has 2 nitrogen and oxygen atoms in total. The van der Waals surface area contributed by atoms with E-state index in [4.69, 9.17) is 4.74 Å². The lowest BCUT2D eigenvalue weighted by molar-refractivity contribution is -0.0202. The summed E-state index contributed by atoms with van der Waals surface area (Å²) in [6.07, 6.45) is 2.00. The van der Waals surface area contributed by atoms with Crippen molar-refractivity contribution in [1.82, 2.24) is 4.90 Å². The molecule has 0 aliphatic carbocycles. The average molecular weight is 215 g/mol. The molecule has 92 valence electrons. The van der Waals surface area contributed by atoms with E-state index >= 15 is 0 Å². The Morgan fingerprint density at radius 3 is 2.07 bits per heavy atom. The molecule has 0 N–H and O–H groups in total. The fourth-order valence-corrected chi connectivity index (χ4v) is 2.36. The van der Waals surface area contributed by atoms with Crippen molar-refractivity contribution in [2.75, 3.05) is 13.6 Å². The second-order valence-corrected chi connectivity index (χ2v) is 4.74. The molecule has 1 heterocycles. The summed E-state index contributed by atoms with van der Waals surface area (Å²) >= 11 is 0. The molecule has 1 rings (SSSR count). The van der Waals surface area contributed by atoms with Gasteiger partial charge in [-0.05, 0) is 40.2 Å². The third kappa shape index (κ3) is 4.98. The van der Waals surface area contributed by atoms with Gasteiger partial charge in [-0.15, -0.1) is 0 Å². The molecule has 0 amide bonds. The van der Waals surface area contributed by atoms with Crippen LogP contribution >= 0.6 is 0 Å². The Bertz CT molecular complexity index is 159. The fraction of sp³-hybridized carbons (Fsp3) is 1.00. The van der Waals surface area contributed by atoms with Crippen molar-refractivity contribution in [3.8, 4) is 0 Å². The first-order chi connectivity index (χ1) is 7.00. The minimum Gasteiger partial charge on any atom is -0.374 e. The molecular weight excluding hydrogens is 186 g/mol. The van der Waals surface area contributed by atoms with E-state index in [0.717, 1.165) is 5.92 Å². The SMILES string of the molecule is CC.CC1CC([C@H](C)OC(C)C)N(C)C1. The smallest absolute Gasteiger partial charge is 0.0705 e. The molecule has 0 radical (unpaired) electrons. The van der Waals surface area contributed by atoms with Crippen molar-refractivity contribution < 1.29 is 4.74 Å². The molecule has 15 heavy (non-hydrogen) atoms. The highest BCUT2D eigenvalue weighted by atomic mass is 16.5. The van der Waals surface area contributed by atoms with Gasteiger partial charge in [0.05, 0.1) is 12.2 Å². The van der Waals surface area contributed by atoms with Crippen LogP contribution < -0.4 is 0 Å². The van der Waals surface area contributed by atoms with Gasteiger partial charge < -0.3 is 9.64 Å². The predicted octanol–water partition coefficient (Wildman–Crippen LogP) is 3.17. The van der Waals surface area contributed by atoms with Crippen molar-refractivity contribution in [2.24, 2.45) is 5.92 Å². The van der Waals surface area contributed by atoms with Crippen LogP contribution in [0.1, 0.15) is 48.0 Å². The lowest BCUT2D eigenvalue weighted by Crippen LogP contribution is -2.37. The maximum Gasteiger partial charge on any atom is 0.0705 e. The highest BCUT2D eigenvalue weighted by molar-refractivity contribution is 4.85. The lowest BCUT2D eigenvalue weighted by Gasteiger charge is -2.27. The highest BCUT2D eigenvalue weighted by Crippen LogP contribution is 2.25. The van der Waals surface area contributed by atoms with E-state index < -0.39 is 0 Å². The Hall–Kier alpha value is -0.0800. The van der Waals surface area contributed by atoms with Gasteiger partial charge in [-0.25, -0.2) is 0 Å². The first-order valence-corrected chi connectivity index (χ1v) is 6.36. The molecular formula is C13H29NO. The van der Waals surface area contributed by atoms with Crippen LogP contribution in [0.3, 0.4) is 0 Å². The second-order valence-electron chi connectivity index (χ2n) is 4.74. The van der Waals surface area contributed by atoms with E-state index in [-0.39, 0.29) is 0 Å². The molecule has 0 aromatic carbocycles. The van der Waals surface area contributed by atoms with Crippen LogP contribution in [-0.2, 0) is 4.74 Å². The Morgan fingerprint density at radius 2 is 1.73 bits per heavy atom. The molecule has 0 aromatic rings. The summed E-state index contributed by atoms with van der Waals surface area (Å²) in [7, 11) is 2.20. The number of rotatable bonds is 3. The molecule has 1 fully saturated rings. The van der Waals surface area contributed by atoms with Crippen molar-refractivity contribution in [2.45, 2.75) is 66.2 Å². The van der Waals surface area contributed by atoms with Crippen LogP contribution in [0.4, 0.5) is 0 Å². The van der Waals surface area contributed by atoms with Crippen molar-refractivity contribution >= 4 is 0 Å². The van der Waals surface area contributed by atoms with Gasteiger partial charge in [-0.1, -0.05) is 20.8 Å². The molecule has 2 unspecified atom stereocenters. The first kappa shape index (κ1) is 14.9. The molecule has 0 spiro atoms. The van der Waals surface area contributed by atoms with E-state index in [1.165, 1.54) is 13.0 Å². The van der Waals surface area contributed by atoms with Gasteiger partial charge in [0.15, 0.2) is 0 Å². The Labute approximate surface area is 96.0 Å². The number of ether oxygens (including phenoxy) is 1. The van der Waals surface area contributed by atoms with Crippen LogP contribution in [0.15, 0.2) is 0 Å². The van der Waals surface area contributed by atoms with E-state index in [2.05, 4.69) is 39.6 Å². The normalized spacial score (nSPS) is 28.8. The average Bonchev–Trinajstić information content (AvgIpc) is 2.47. The topological polar surface area (TPSA) is 12.5 Å². The Morgan fingerprint density at radius 1 is 1.20 bits per heavy atom.